The number of nitrogens with zero attached hydrogens (tertiary/aromatic N) is 3. The number of rotatable bonds is 9. The van der Waals surface area contributed by atoms with Crippen LogP contribution in [0.1, 0.15) is 22.3 Å². The van der Waals surface area contributed by atoms with E-state index in [0.717, 1.165) is 68.5 Å². The van der Waals surface area contributed by atoms with Gasteiger partial charge in [-0.25, -0.2) is 4.98 Å². The maximum absolute atomic E-state index is 12.7. The topological polar surface area (TPSA) is 59.1 Å². The van der Waals surface area contributed by atoms with Gasteiger partial charge < -0.3 is 19.5 Å². The number of ether oxygens (including phenoxy) is 3. The number of benzene rings is 3. The van der Waals surface area contributed by atoms with Crippen molar-refractivity contribution in [2.24, 2.45) is 0 Å². The van der Waals surface area contributed by atoms with Crippen molar-refractivity contribution in [1.29, 1.82) is 0 Å². The van der Waals surface area contributed by atoms with Crippen LogP contribution in [0.2, 0.25) is 0 Å². The lowest BCUT2D eigenvalue weighted by molar-refractivity contribution is -0.137. The van der Waals surface area contributed by atoms with E-state index in [4.69, 9.17) is 14.2 Å². The second-order valence-electron chi connectivity index (χ2n) is 10.4. The summed E-state index contributed by atoms with van der Waals surface area (Å²) in [6, 6.07) is 22.8. The van der Waals surface area contributed by atoms with Crippen LogP contribution in [-0.4, -0.2) is 47.8 Å². The van der Waals surface area contributed by atoms with Gasteiger partial charge >= 0.3 is 6.18 Å². The van der Waals surface area contributed by atoms with Crippen molar-refractivity contribution in [2.45, 2.75) is 25.8 Å². The van der Waals surface area contributed by atoms with Crippen molar-refractivity contribution in [3.8, 4) is 23.1 Å². The molecule has 2 aliphatic heterocycles. The summed E-state index contributed by atoms with van der Waals surface area (Å²) in [5.41, 5.74) is 3.28. The van der Waals surface area contributed by atoms with Gasteiger partial charge in [-0.15, -0.1) is 0 Å². The molecule has 42 heavy (non-hydrogen) atoms. The SMILES string of the molecule is FC(F)(F)c1ccc(NCc2ccc(Oc3ccc(CN4CCN(Cc5ccc6c(c5)OCO6)CC4)cc3)nc2)cc1. The van der Waals surface area contributed by atoms with Gasteiger partial charge in [-0.2, -0.15) is 13.2 Å². The van der Waals surface area contributed by atoms with Crippen LogP contribution in [0.25, 0.3) is 0 Å². The fourth-order valence-corrected chi connectivity index (χ4v) is 5.00. The predicted octanol–water partition coefficient (Wildman–Crippen LogP) is 6.55. The maximum atomic E-state index is 12.7. The summed E-state index contributed by atoms with van der Waals surface area (Å²) in [6.07, 6.45) is -2.65. The zero-order chi connectivity index (χ0) is 28.9. The second-order valence-corrected chi connectivity index (χ2v) is 10.4. The molecule has 218 valence electrons. The standard InChI is InChI=1S/C32H31F3N4O3/c33-32(34,35)26-5-7-27(8-6-26)36-18-25-4-12-31(37-19-25)42-28-9-1-23(2-10-28)20-38-13-15-39(16-14-38)21-24-3-11-29-30(17-24)41-22-40-29/h1-12,17,19,36H,13-16,18,20-22H2. The molecule has 3 heterocycles. The van der Waals surface area contributed by atoms with Crippen LogP contribution in [0.3, 0.4) is 0 Å². The van der Waals surface area contributed by atoms with Crippen molar-refractivity contribution in [1.82, 2.24) is 14.8 Å². The van der Waals surface area contributed by atoms with Crippen LogP contribution >= 0.6 is 0 Å². The zero-order valence-corrected chi connectivity index (χ0v) is 22.9. The molecule has 4 aromatic rings. The summed E-state index contributed by atoms with van der Waals surface area (Å²) < 4.78 is 55.0. The summed E-state index contributed by atoms with van der Waals surface area (Å²) in [4.78, 5) is 9.30. The smallest absolute Gasteiger partial charge is 0.416 e. The Bertz CT molecular complexity index is 1470. The summed E-state index contributed by atoms with van der Waals surface area (Å²) in [5.74, 6) is 2.83. The number of piperazine rings is 1. The van der Waals surface area contributed by atoms with Gasteiger partial charge in [0.05, 0.1) is 5.56 Å². The van der Waals surface area contributed by atoms with Crippen molar-refractivity contribution >= 4 is 5.69 Å². The zero-order valence-electron chi connectivity index (χ0n) is 22.9. The third-order valence-electron chi connectivity index (χ3n) is 7.37. The summed E-state index contributed by atoms with van der Waals surface area (Å²) >= 11 is 0. The molecule has 0 saturated carbocycles. The van der Waals surface area contributed by atoms with Gasteiger partial charge in [0, 0.05) is 63.8 Å². The Kier molecular flexibility index (Phi) is 8.16. The maximum Gasteiger partial charge on any atom is 0.416 e. The van der Waals surface area contributed by atoms with Crippen molar-refractivity contribution in [3.05, 3.63) is 107 Å². The fourth-order valence-electron chi connectivity index (χ4n) is 5.00. The normalized spacial score (nSPS) is 15.5. The Balaban J connectivity index is 0.932. The molecule has 0 aliphatic carbocycles. The first-order valence-electron chi connectivity index (χ1n) is 13.8. The van der Waals surface area contributed by atoms with Gasteiger partial charge in [0.15, 0.2) is 11.5 Å². The number of halogens is 3. The van der Waals surface area contributed by atoms with E-state index in [0.29, 0.717) is 30.7 Å². The molecule has 1 fully saturated rings. The van der Waals surface area contributed by atoms with E-state index in [9.17, 15) is 13.2 Å². The van der Waals surface area contributed by atoms with Gasteiger partial charge in [-0.3, -0.25) is 9.80 Å². The quantitative estimate of drug-likeness (QED) is 0.243. The molecule has 1 aromatic heterocycles. The number of hydrogen-bond donors (Lipinski definition) is 1. The van der Waals surface area contributed by atoms with Crippen LogP contribution in [0.5, 0.6) is 23.1 Å². The van der Waals surface area contributed by atoms with Crippen LogP contribution < -0.4 is 19.5 Å². The first-order valence-corrected chi connectivity index (χ1v) is 13.8. The lowest BCUT2D eigenvalue weighted by Gasteiger charge is -2.34. The van der Waals surface area contributed by atoms with Crippen molar-refractivity contribution < 1.29 is 27.4 Å². The molecule has 10 heteroatoms. The monoisotopic (exact) mass is 576 g/mol. The highest BCUT2D eigenvalue weighted by Gasteiger charge is 2.30. The Morgan fingerprint density at radius 2 is 1.38 bits per heavy atom. The van der Waals surface area contributed by atoms with E-state index in [1.54, 1.807) is 12.3 Å². The van der Waals surface area contributed by atoms with Crippen LogP contribution in [0.15, 0.2) is 85.1 Å². The van der Waals surface area contributed by atoms with Crippen LogP contribution in [0.4, 0.5) is 18.9 Å². The molecule has 3 aromatic carbocycles. The lowest BCUT2D eigenvalue weighted by atomic mass is 10.1. The minimum absolute atomic E-state index is 0.297. The Hall–Kier alpha value is -4.28. The molecule has 1 saturated heterocycles. The van der Waals surface area contributed by atoms with E-state index < -0.39 is 11.7 Å². The van der Waals surface area contributed by atoms with E-state index in [1.165, 1.54) is 23.3 Å². The van der Waals surface area contributed by atoms with E-state index in [-0.39, 0.29) is 0 Å². The van der Waals surface area contributed by atoms with Gasteiger partial charge in [0.2, 0.25) is 12.7 Å². The highest BCUT2D eigenvalue weighted by atomic mass is 19.4. The molecule has 0 unspecified atom stereocenters. The highest BCUT2D eigenvalue weighted by molar-refractivity contribution is 5.46. The number of anilines is 1. The number of nitrogens with one attached hydrogen (secondary N) is 1. The summed E-state index contributed by atoms with van der Waals surface area (Å²) in [7, 11) is 0. The molecular formula is C32H31F3N4O3. The Labute approximate surface area is 242 Å². The molecule has 1 N–H and O–H groups in total. The Morgan fingerprint density at radius 1 is 0.738 bits per heavy atom. The number of pyridine rings is 1. The minimum Gasteiger partial charge on any atom is -0.454 e. The summed E-state index contributed by atoms with van der Waals surface area (Å²) in [6.45, 7) is 6.55. The van der Waals surface area contributed by atoms with E-state index in [2.05, 4.69) is 44.4 Å². The van der Waals surface area contributed by atoms with E-state index >= 15 is 0 Å². The highest BCUT2D eigenvalue weighted by Crippen LogP contribution is 2.33. The molecule has 0 bridgehead atoms. The number of fused-ring (bicyclic) bond motifs is 1. The fraction of sp³-hybridized carbons (Fsp3) is 0.281. The average molecular weight is 577 g/mol. The van der Waals surface area contributed by atoms with Gasteiger partial charge in [-0.05, 0) is 65.2 Å². The number of alkyl halides is 3. The third-order valence-corrected chi connectivity index (χ3v) is 7.37. The Morgan fingerprint density at radius 3 is 2.05 bits per heavy atom. The molecule has 0 amide bonds. The lowest BCUT2D eigenvalue weighted by Crippen LogP contribution is -2.45. The van der Waals surface area contributed by atoms with Gasteiger partial charge in [0.25, 0.3) is 0 Å². The van der Waals surface area contributed by atoms with Crippen molar-refractivity contribution in [3.63, 3.8) is 0 Å². The molecule has 6 rings (SSSR count). The van der Waals surface area contributed by atoms with Gasteiger partial charge in [0.1, 0.15) is 5.75 Å². The van der Waals surface area contributed by atoms with Crippen LogP contribution in [0, 0.1) is 0 Å². The van der Waals surface area contributed by atoms with E-state index in [1.807, 2.05) is 24.3 Å². The van der Waals surface area contributed by atoms with Crippen LogP contribution in [-0.2, 0) is 25.8 Å². The first-order chi connectivity index (χ1) is 20.4. The molecule has 0 radical (unpaired) electrons. The average Bonchev–Trinajstić information content (AvgIpc) is 3.47. The summed E-state index contributed by atoms with van der Waals surface area (Å²) in [5, 5.41) is 3.11. The number of aromatic nitrogens is 1. The second kappa shape index (κ2) is 12.3. The first kappa shape index (κ1) is 27.9. The number of hydrogen-bond acceptors (Lipinski definition) is 7. The third kappa shape index (κ3) is 7.13. The molecule has 2 aliphatic rings. The molecule has 0 atom stereocenters. The molecule has 0 spiro atoms. The minimum atomic E-state index is -4.34. The largest absolute Gasteiger partial charge is 0.454 e. The molecular weight excluding hydrogens is 545 g/mol. The predicted molar refractivity (Wildman–Crippen MR) is 153 cm³/mol. The van der Waals surface area contributed by atoms with Crippen molar-refractivity contribution in [2.75, 3.05) is 38.3 Å². The van der Waals surface area contributed by atoms with Gasteiger partial charge in [-0.1, -0.05) is 24.3 Å². The molecule has 7 nitrogen and oxygen atoms in total.